The van der Waals surface area contributed by atoms with E-state index in [1.54, 1.807) is 0 Å². The van der Waals surface area contributed by atoms with Gasteiger partial charge in [-0.3, -0.25) is 0 Å². The van der Waals surface area contributed by atoms with Crippen molar-refractivity contribution in [2.75, 3.05) is 6.54 Å². The van der Waals surface area contributed by atoms with Crippen molar-refractivity contribution in [3.8, 4) is 0 Å². The van der Waals surface area contributed by atoms with Crippen LogP contribution in [0.3, 0.4) is 0 Å². The lowest BCUT2D eigenvalue weighted by Crippen LogP contribution is -2.48. The molecule has 4 aliphatic carbocycles. The normalized spacial score (nSPS) is 39.9. The van der Waals surface area contributed by atoms with Gasteiger partial charge < -0.3 is 10.3 Å². The molecule has 0 aliphatic heterocycles. The number of hydrogen-bond donors (Lipinski definition) is 1. The van der Waals surface area contributed by atoms with E-state index in [1.807, 2.05) is 0 Å². The highest BCUT2D eigenvalue weighted by Crippen LogP contribution is 2.60. The van der Waals surface area contributed by atoms with Crippen LogP contribution in [0.2, 0.25) is 0 Å². The first kappa shape index (κ1) is 11.9. The molecule has 4 heteroatoms. The predicted octanol–water partition coefficient (Wildman–Crippen LogP) is 2.43. The lowest BCUT2D eigenvalue weighted by atomic mass is 9.49. The minimum Gasteiger partial charge on any atom is -0.339 e. The molecule has 0 aromatic carbocycles. The maximum Gasteiger partial charge on any atom is 0.232 e. The maximum atomic E-state index is 5.64. The summed E-state index contributed by atoms with van der Waals surface area (Å²) in [5, 5.41) is 4.17. The highest BCUT2D eigenvalue weighted by molar-refractivity contribution is 5.15. The van der Waals surface area contributed by atoms with Gasteiger partial charge in [-0.15, -0.1) is 0 Å². The van der Waals surface area contributed by atoms with Crippen molar-refractivity contribution in [2.24, 2.45) is 23.5 Å². The third kappa shape index (κ3) is 1.92. The van der Waals surface area contributed by atoms with Crippen LogP contribution in [0, 0.1) is 17.8 Å². The van der Waals surface area contributed by atoms with Crippen molar-refractivity contribution in [2.45, 2.75) is 56.8 Å². The molecular weight excluding hydrogens is 238 g/mol. The summed E-state index contributed by atoms with van der Waals surface area (Å²) in [5.74, 6) is 4.57. The Hall–Kier alpha value is -0.900. The number of aromatic nitrogens is 2. The van der Waals surface area contributed by atoms with Gasteiger partial charge in [-0.1, -0.05) is 5.16 Å². The maximum absolute atomic E-state index is 5.64. The molecule has 2 N–H and O–H groups in total. The minimum absolute atomic E-state index is 0.239. The standard InChI is InChI=1S/C15H23N3O/c16-3-1-2-13-17-14(19-18-13)15-7-10-4-11(8-15)6-12(5-10)9-15/h10-12H,1-9,16H2. The van der Waals surface area contributed by atoms with Crippen molar-refractivity contribution in [1.29, 1.82) is 0 Å². The second-order valence-electron chi connectivity index (χ2n) is 7.11. The molecule has 1 aromatic rings. The van der Waals surface area contributed by atoms with Crippen LogP contribution in [0.15, 0.2) is 4.52 Å². The van der Waals surface area contributed by atoms with E-state index in [4.69, 9.17) is 15.2 Å². The molecule has 0 spiro atoms. The quantitative estimate of drug-likeness (QED) is 0.904. The summed E-state index contributed by atoms with van der Waals surface area (Å²) in [6, 6.07) is 0. The van der Waals surface area contributed by atoms with Gasteiger partial charge in [-0.05, 0) is 69.2 Å². The van der Waals surface area contributed by atoms with Gasteiger partial charge in [0.05, 0.1) is 5.41 Å². The number of hydrogen-bond acceptors (Lipinski definition) is 4. The zero-order valence-electron chi connectivity index (χ0n) is 11.5. The van der Waals surface area contributed by atoms with Crippen molar-refractivity contribution in [3.05, 3.63) is 11.7 Å². The molecule has 4 fully saturated rings. The fourth-order valence-electron chi connectivity index (χ4n) is 5.20. The van der Waals surface area contributed by atoms with Gasteiger partial charge in [0.15, 0.2) is 5.82 Å². The fourth-order valence-corrected chi connectivity index (χ4v) is 5.20. The second kappa shape index (κ2) is 4.30. The molecule has 0 radical (unpaired) electrons. The molecule has 0 atom stereocenters. The van der Waals surface area contributed by atoms with Crippen molar-refractivity contribution >= 4 is 0 Å². The zero-order valence-corrected chi connectivity index (χ0v) is 11.5. The van der Waals surface area contributed by atoms with Crippen LogP contribution in [0.4, 0.5) is 0 Å². The average molecular weight is 261 g/mol. The van der Waals surface area contributed by atoms with E-state index in [0.29, 0.717) is 6.54 Å². The largest absolute Gasteiger partial charge is 0.339 e. The van der Waals surface area contributed by atoms with Crippen LogP contribution in [0.1, 0.15) is 56.7 Å². The molecular formula is C15H23N3O. The van der Waals surface area contributed by atoms with E-state index in [0.717, 1.165) is 42.3 Å². The molecule has 1 aromatic heterocycles. The molecule has 4 bridgehead atoms. The van der Waals surface area contributed by atoms with E-state index in [1.165, 1.54) is 38.5 Å². The minimum atomic E-state index is 0.239. The Morgan fingerprint density at radius 1 is 1.11 bits per heavy atom. The van der Waals surface area contributed by atoms with Gasteiger partial charge in [-0.25, -0.2) is 0 Å². The van der Waals surface area contributed by atoms with Gasteiger partial charge in [0, 0.05) is 6.42 Å². The van der Waals surface area contributed by atoms with Crippen LogP contribution in [-0.2, 0) is 11.8 Å². The topological polar surface area (TPSA) is 64.9 Å². The van der Waals surface area contributed by atoms with Crippen LogP contribution in [0.5, 0.6) is 0 Å². The number of aryl methyl sites for hydroxylation is 1. The Balaban J connectivity index is 1.59. The van der Waals surface area contributed by atoms with Crippen LogP contribution in [0.25, 0.3) is 0 Å². The monoisotopic (exact) mass is 261 g/mol. The number of rotatable bonds is 4. The van der Waals surface area contributed by atoms with Gasteiger partial charge in [-0.2, -0.15) is 4.98 Å². The van der Waals surface area contributed by atoms with Crippen LogP contribution in [-0.4, -0.2) is 16.7 Å². The Morgan fingerprint density at radius 3 is 2.32 bits per heavy atom. The Bertz CT molecular complexity index is 432. The highest BCUT2D eigenvalue weighted by atomic mass is 16.5. The van der Waals surface area contributed by atoms with Gasteiger partial charge in [0.1, 0.15) is 0 Å². The number of nitrogens with zero attached hydrogens (tertiary/aromatic N) is 2. The van der Waals surface area contributed by atoms with E-state index in [9.17, 15) is 0 Å². The first-order chi connectivity index (χ1) is 9.27. The third-order valence-electron chi connectivity index (χ3n) is 5.56. The van der Waals surface area contributed by atoms with E-state index >= 15 is 0 Å². The summed E-state index contributed by atoms with van der Waals surface area (Å²) in [6.45, 7) is 0.696. The summed E-state index contributed by atoms with van der Waals surface area (Å²) in [5.41, 5.74) is 5.78. The summed E-state index contributed by atoms with van der Waals surface area (Å²) < 4.78 is 5.64. The predicted molar refractivity (Wildman–Crippen MR) is 71.5 cm³/mol. The average Bonchev–Trinajstić information content (AvgIpc) is 2.84. The van der Waals surface area contributed by atoms with E-state index in [2.05, 4.69) is 5.16 Å². The van der Waals surface area contributed by atoms with Crippen molar-refractivity contribution in [1.82, 2.24) is 10.1 Å². The second-order valence-corrected chi connectivity index (χ2v) is 7.11. The Labute approximate surface area is 114 Å². The zero-order chi connectivity index (χ0) is 12.9. The SMILES string of the molecule is NCCCc1noc(C23CC4CC(CC(C4)C2)C3)n1. The van der Waals surface area contributed by atoms with Crippen LogP contribution < -0.4 is 5.73 Å². The van der Waals surface area contributed by atoms with Crippen LogP contribution >= 0.6 is 0 Å². The molecule has 4 saturated carbocycles. The fraction of sp³-hybridized carbons (Fsp3) is 0.867. The molecule has 5 rings (SSSR count). The molecule has 19 heavy (non-hydrogen) atoms. The molecule has 4 aliphatic rings. The van der Waals surface area contributed by atoms with E-state index < -0.39 is 0 Å². The summed E-state index contributed by atoms with van der Waals surface area (Å²) in [7, 11) is 0. The number of nitrogens with two attached hydrogens (primary N) is 1. The highest BCUT2D eigenvalue weighted by Gasteiger charge is 2.54. The molecule has 0 unspecified atom stereocenters. The summed E-state index contributed by atoms with van der Waals surface area (Å²) in [4.78, 5) is 4.70. The first-order valence-electron chi connectivity index (χ1n) is 7.80. The first-order valence-corrected chi connectivity index (χ1v) is 7.80. The smallest absolute Gasteiger partial charge is 0.232 e. The molecule has 104 valence electrons. The Kier molecular flexibility index (Phi) is 2.69. The molecule has 0 saturated heterocycles. The lowest BCUT2D eigenvalue weighted by molar-refractivity contribution is -0.0201. The van der Waals surface area contributed by atoms with Gasteiger partial charge >= 0.3 is 0 Å². The van der Waals surface area contributed by atoms with E-state index in [-0.39, 0.29) is 5.41 Å². The van der Waals surface area contributed by atoms with Gasteiger partial charge in [0.25, 0.3) is 0 Å². The molecule has 0 amide bonds. The van der Waals surface area contributed by atoms with Gasteiger partial charge in [0.2, 0.25) is 5.89 Å². The molecule has 4 nitrogen and oxygen atoms in total. The summed E-state index contributed by atoms with van der Waals surface area (Å²) >= 11 is 0. The Morgan fingerprint density at radius 2 is 1.74 bits per heavy atom. The molecule has 1 heterocycles. The van der Waals surface area contributed by atoms with Crippen molar-refractivity contribution in [3.63, 3.8) is 0 Å². The van der Waals surface area contributed by atoms with Crippen molar-refractivity contribution < 1.29 is 4.52 Å². The third-order valence-corrected chi connectivity index (χ3v) is 5.56. The summed E-state index contributed by atoms with van der Waals surface area (Å²) in [6.07, 6.45) is 10.0. The lowest BCUT2D eigenvalue weighted by Gasteiger charge is -2.55.